The minimum Gasteiger partial charge on any atom is -0.378 e. The van der Waals surface area contributed by atoms with E-state index in [1.807, 2.05) is 6.92 Å². The Bertz CT molecular complexity index is 1490. The van der Waals surface area contributed by atoms with Crippen LogP contribution in [0.4, 0.5) is 10.1 Å². The Morgan fingerprint density at radius 1 is 1.29 bits per heavy atom. The van der Waals surface area contributed by atoms with Crippen molar-refractivity contribution in [2.45, 2.75) is 38.5 Å². The molecule has 1 aliphatic rings. The molecule has 0 aliphatic heterocycles. The smallest absolute Gasteiger partial charge is 0.327 e. The lowest BCUT2D eigenvalue weighted by atomic mass is 9.89. The molecule has 0 bridgehead atoms. The number of amides is 1. The monoisotopic (exact) mass is 561 g/mol. The van der Waals surface area contributed by atoms with Gasteiger partial charge in [-0.25, -0.2) is 9.97 Å². The van der Waals surface area contributed by atoms with E-state index >= 15 is 0 Å². The maximum atomic E-state index is 13.9. The van der Waals surface area contributed by atoms with E-state index in [0.717, 1.165) is 12.8 Å². The van der Waals surface area contributed by atoms with Crippen molar-refractivity contribution in [1.82, 2.24) is 29.5 Å². The predicted molar refractivity (Wildman–Crippen MR) is 137 cm³/mol. The van der Waals surface area contributed by atoms with Crippen LogP contribution in [0.2, 0.25) is 0 Å². The summed E-state index contributed by atoms with van der Waals surface area (Å²) in [6.07, 6.45) is 6.26. The standard InChI is InChI=1S/C23H25FN7O5PS/c1-2-36-16-8-15(9-16)31-12-18(21(29-31)17-4-3-5-20(24)26-17)27-22(32)19-13-38-23(28-19)14-10-25-30(11-14)6-7-37(33,34)35/h3-5,10-13,15-16H,2,6-9H2,1H3,(H,27,32)(H2,33,34,35). The molecule has 0 atom stereocenters. The number of nitrogens with one attached hydrogen (secondary N) is 1. The van der Waals surface area contributed by atoms with Gasteiger partial charge in [-0.1, -0.05) is 6.07 Å². The first-order valence-corrected chi connectivity index (χ1v) is 14.5. The van der Waals surface area contributed by atoms with Gasteiger partial charge >= 0.3 is 7.60 Å². The van der Waals surface area contributed by atoms with Gasteiger partial charge in [-0.05, 0) is 31.9 Å². The largest absolute Gasteiger partial charge is 0.378 e. The van der Waals surface area contributed by atoms with Gasteiger partial charge in [0.2, 0.25) is 5.95 Å². The van der Waals surface area contributed by atoms with Crippen molar-refractivity contribution in [3.8, 4) is 22.0 Å². The van der Waals surface area contributed by atoms with E-state index in [0.29, 0.717) is 34.3 Å². The number of halogens is 1. The fourth-order valence-corrected chi connectivity index (χ4v) is 5.29. The average Bonchev–Trinajstić information content (AvgIpc) is 3.59. The summed E-state index contributed by atoms with van der Waals surface area (Å²) in [5.41, 5.74) is 1.80. The molecule has 4 heterocycles. The molecule has 4 aromatic heterocycles. The van der Waals surface area contributed by atoms with Crippen molar-refractivity contribution in [3.05, 3.63) is 53.8 Å². The number of pyridine rings is 1. The lowest BCUT2D eigenvalue weighted by molar-refractivity contribution is -0.0226. The van der Waals surface area contributed by atoms with Crippen molar-refractivity contribution in [1.29, 1.82) is 0 Å². The van der Waals surface area contributed by atoms with Gasteiger partial charge in [0.1, 0.15) is 16.4 Å². The van der Waals surface area contributed by atoms with Gasteiger partial charge < -0.3 is 19.8 Å². The Kier molecular flexibility index (Phi) is 7.50. The highest BCUT2D eigenvalue weighted by Crippen LogP contribution is 2.37. The molecule has 0 unspecified atom stereocenters. The lowest BCUT2D eigenvalue weighted by Crippen LogP contribution is -2.33. The summed E-state index contributed by atoms with van der Waals surface area (Å²) in [4.78, 5) is 39.5. The third-order valence-corrected chi connectivity index (χ3v) is 7.70. The van der Waals surface area contributed by atoms with Gasteiger partial charge in [0.15, 0.2) is 0 Å². The third kappa shape index (κ3) is 6.05. The second-order valence-electron chi connectivity index (χ2n) is 8.79. The minimum absolute atomic E-state index is 0.0518. The van der Waals surface area contributed by atoms with Crippen LogP contribution in [0.3, 0.4) is 0 Å². The molecule has 38 heavy (non-hydrogen) atoms. The van der Waals surface area contributed by atoms with Crippen molar-refractivity contribution in [2.24, 2.45) is 0 Å². The van der Waals surface area contributed by atoms with Crippen molar-refractivity contribution < 1.29 is 28.3 Å². The zero-order chi connectivity index (χ0) is 26.9. The van der Waals surface area contributed by atoms with Crippen LogP contribution in [0, 0.1) is 5.95 Å². The molecule has 15 heteroatoms. The highest BCUT2D eigenvalue weighted by Gasteiger charge is 2.33. The van der Waals surface area contributed by atoms with Gasteiger partial charge in [-0.15, -0.1) is 11.3 Å². The number of hydrogen-bond donors (Lipinski definition) is 3. The molecule has 0 saturated heterocycles. The zero-order valence-electron chi connectivity index (χ0n) is 20.3. The Hall–Kier alpha value is -3.29. The van der Waals surface area contributed by atoms with Crippen molar-refractivity contribution in [2.75, 3.05) is 18.1 Å². The van der Waals surface area contributed by atoms with Gasteiger partial charge in [-0.2, -0.15) is 14.6 Å². The molecule has 5 rings (SSSR count). The number of aromatic nitrogens is 6. The normalized spacial score (nSPS) is 17.4. The molecule has 1 fully saturated rings. The number of thiazole rings is 1. The summed E-state index contributed by atoms with van der Waals surface area (Å²) in [7, 11) is -4.14. The molecule has 200 valence electrons. The Balaban J connectivity index is 1.33. The van der Waals surface area contributed by atoms with Gasteiger partial charge in [0.05, 0.1) is 42.4 Å². The third-order valence-electron chi connectivity index (χ3n) is 6.02. The maximum absolute atomic E-state index is 13.9. The summed E-state index contributed by atoms with van der Waals surface area (Å²) in [5, 5.41) is 13.7. The number of nitrogens with zero attached hydrogens (tertiary/aromatic N) is 6. The number of rotatable bonds is 10. The second kappa shape index (κ2) is 10.8. The predicted octanol–water partition coefficient (Wildman–Crippen LogP) is 3.57. The van der Waals surface area contributed by atoms with E-state index < -0.39 is 19.5 Å². The van der Waals surface area contributed by atoms with Crippen LogP contribution in [-0.4, -0.2) is 64.1 Å². The Morgan fingerprint density at radius 3 is 2.84 bits per heavy atom. The first-order valence-electron chi connectivity index (χ1n) is 11.9. The zero-order valence-corrected chi connectivity index (χ0v) is 22.0. The fraction of sp³-hybridized carbons (Fsp3) is 0.348. The topological polar surface area (TPSA) is 157 Å². The molecular weight excluding hydrogens is 536 g/mol. The number of carbonyl (C=O) groups is 1. The van der Waals surface area contributed by atoms with E-state index in [1.54, 1.807) is 28.5 Å². The first-order chi connectivity index (χ1) is 18.2. The van der Waals surface area contributed by atoms with Crippen molar-refractivity contribution in [3.63, 3.8) is 0 Å². The summed E-state index contributed by atoms with van der Waals surface area (Å²) in [6.45, 7) is 2.64. The van der Waals surface area contributed by atoms with Crippen LogP contribution in [0.1, 0.15) is 36.3 Å². The lowest BCUT2D eigenvalue weighted by Gasteiger charge is -2.34. The van der Waals surface area contributed by atoms with E-state index in [4.69, 9.17) is 14.5 Å². The van der Waals surface area contributed by atoms with E-state index in [2.05, 4.69) is 25.5 Å². The quantitative estimate of drug-likeness (QED) is 0.194. The Morgan fingerprint density at radius 2 is 2.11 bits per heavy atom. The SMILES string of the molecule is CCOC1CC(n2cc(NC(=O)c3csc(-c4cnn(CCP(=O)(O)O)c4)n3)c(-c3cccc(F)n3)n2)C1. The van der Waals surface area contributed by atoms with E-state index in [-0.39, 0.29) is 30.5 Å². The molecular formula is C23H25FN7O5PS. The summed E-state index contributed by atoms with van der Waals surface area (Å²) in [5.74, 6) is -1.13. The number of carbonyl (C=O) groups excluding carboxylic acids is 1. The highest BCUT2D eigenvalue weighted by atomic mass is 32.1. The van der Waals surface area contributed by atoms with Gasteiger partial charge in [0.25, 0.3) is 5.91 Å². The molecule has 1 aliphatic carbocycles. The molecule has 12 nitrogen and oxygen atoms in total. The number of aryl methyl sites for hydroxylation is 1. The first kappa shape index (κ1) is 26.3. The summed E-state index contributed by atoms with van der Waals surface area (Å²) in [6, 6.07) is 4.49. The fourth-order valence-electron chi connectivity index (χ4n) is 4.05. The average molecular weight is 562 g/mol. The van der Waals surface area contributed by atoms with Crippen LogP contribution in [0.5, 0.6) is 0 Å². The van der Waals surface area contributed by atoms with E-state index in [9.17, 15) is 13.8 Å². The van der Waals surface area contributed by atoms with Crippen LogP contribution in [0.25, 0.3) is 22.0 Å². The minimum atomic E-state index is -4.14. The molecule has 0 spiro atoms. The van der Waals surface area contributed by atoms with Gasteiger partial charge in [0, 0.05) is 29.9 Å². The molecule has 0 radical (unpaired) electrons. The summed E-state index contributed by atoms with van der Waals surface area (Å²) < 4.78 is 33.8. The number of ether oxygens (including phenoxy) is 1. The maximum Gasteiger partial charge on any atom is 0.327 e. The Labute approximate surface area is 220 Å². The van der Waals surface area contributed by atoms with Crippen LogP contribution >= 0.6 is 18.9 Å². The van der Waals surface area contributed by atoms with Crippen LogP contribution in [-0.2, 0) is 15.8 Å². The molecule has 0 aromatic carbocycles. The van der Waals surface area contributed by atoms with Crippen LogP contribution < -0.4 is 5.32 Å². The second-order valence-corrected chi connectivity index (χ2v) is 11.4. The van der Waals surface area contributed by atoms with Crippen LogP contribution in [0.15, 0.2) is 42.2 Å². The molecule has 3 N–H and O–H groups in total. The van der Waals surface area contributed by atoms with Gasteiger partial charge in [-0.3, -0.25) is 18.7 Å². The van der Waals surface area contributed by atoms with E-state index in [1.165, 1.54) is 34.3 Å². The number of anilines is 1. The summed E-state index contributed by atoms with van der Waals surface area (Å²) >= 11 is 1.23. The molecule has 1 saturated carbocycles. The highest BCUT2D eigenvalue weighted by molar-refractivity contribution is 7.51. The number of hydrogen-bond acceptors (Lipinski definition) is 8. The van der Waals surface area contributed by atoms with Crippen molar-refractivity contribution >= 4 is 30.5 Å². The molecule has 4 aromatic rings. The molecule has 1 amide bonds.